The van der Waals surface area contributed by atoms with Gasteiger partial charge in [-0.2, -0.15) is 0 Å². The molecule has 4 aromatic carbocycles. The average molecular weight is 464 g/mol. The van der Waals surface area contributed by atoms with Gasteiger partial charge in [0.25, 0.3) is 11.7 Å². The number of ether oxygens (including phenoxy) is 1. The van der Waals surface area contributed by atoms with E-state index in [1.807, 2.05) is 97.9 Å². The molecule has 0 radical (unpaired) electrons. The molecule has 1 unspecified atom stereocenters. The molecule has 5 rings (SSSR count). The second-order valence-corrected chi connectivity index (χ2v) is 8.48. The molecule has 0 spiro atoms. The first kappa shape index (κ1) is 22.4. The Labute approximate surface area is 203 Å². The van der Waals surface area contributed by atoms with Crippen molar-refractivity contribution in [2.75, 3.05) is 6.61 Å². The predicted molar refractivity (Wildman–Crippen MR) is 136 cm³/mol. The molecule has 4 aromatic rings. The molecule has 0 bridgehead atoms. The zero-order chi connectivity index (χ0) is 24.4. The molecular formula is C30H25NO4. The number of carbonyl (C=O) groups is 2. The van der Waals surface area contributed by atoms with E-state index >= 15 is 0 Å². The number of aliphatic hydroxyl groups excluding tert-OH is 1. The SMILES string of the molecule is CCOc1ccc(CN2C(=O)C(=O)/C(=C(\O)c3ccc4ccccc4c3)C2c2ccccc2)cc1. The number of ketones is 1. The molecule has 35 heavy (non-hydrogen) atoms. The van der Waals surface area contributed by atoms with Crippen LogP contribution in [0.1, 0.15) is 29.7 Å². The predicted octanol–water partition coefficient (Wildman–Crippen LogP) is 5.86. The number of amides is 1. The van der Waals surface area contributed by atoms with Gasteiger partial charge >= 0.3 is 0 Å². The van der Waals surface area contributed by atoms with Crippen molar-refractivity contribution in [3.05, 3.63) is 119 Å². The first-order valence-electron chi connectivity index (χ1n) is 11.6. The lowest BCUT2D eigenvalue weighted by Gasteiger charge is -2.25. The summed E-state index contributed by atoms with van der Waals surface area (Å²) in [5, 5.41) is 13.3. The minimum atomic E-state index is -0.700. The highest BCUT2D eigenvalue weighted by Crippen LogP contribution is 2.40. The van der Waals surface area contributed by atoms with Crippen LogP contribution in [0.3, 0.4) is 0 Å². The van der Waals surface area contributed by atoms with Crippen LogP contribution in [0.15, 0.2) is 103 Å². The zero-order valence-electron chi connectivity index (χ0n) is 19.3. The Kier molecular flexibility index (Phi) is 6.06. The first-order valence-corrected chi connectivity index (χ1v) is 11.6. The van der Waals surface area contributed by atoms with E-state index in [0.717, 1.165) is 27.6 Å². The molecule has 0 aliphatic carbocycles. The van der Waals surface area contributed by atoms with Gasteiger partial charge in [-0.05, 0) is 47.0 Å². The summed E-state index contributed by atoms with van der Waals surface area (Å²) in [6.07, 6.45) is 0. The quantitative estimate of drug-likeness (QED) is 0.221. The second kappa shape index (κ2) is 9.47. The molecule has 5 heteroatoms. The van der Waals surface area contributed by atoms with Gasteiger partial charge in [0.2, 0.25) is 0 Å². The van der Waals surface area contributed by atoms with Crippen molar-refractivity contribution < 1.29 is 19.4 Å². The fourth-order valence-electron chi connectivity index (χ4n) is 4.57. The molecule has 1 aliphatic heterocycles. The maximum atomic E-state index is 13.3. The van der Waals surface area contributed by atoms with Crippen molar-refractivity contribution in [2.24, 2.45) is 0 Å². The van der Waals surface area contributed by atoms with E-state index in [2.05, 4.69) is 0 Å². The smallest absolute Gasteiger partial charge is 0.295 e. The Bertz CT molecular complexity index is 1420. The molecule has 1 saturated heterocycles. The minimum absolute atomic E-state index is 0.0995. The van der Waals surface area contributed by atoms with Gasteiger partial charge in [-0.25, -0.2) is 0 Å². The Morgan fingerprint density at radius 1 is 0.857 bits per heavy atom. The van der Waals surface area contributed by atoms with Crippen molar-refractivity contribution in [1.29, 1.82) is 0 Å². The van der Waals surface area contributed by atoms with E-state index in [0.29, 0.717) is 12.2 Å². The van der Waals surface area contributed by atoms with Crippen molar-refractivity contribution in [2.45, 2.75) is 19.5 Å². The average Bonchev–Trinajstić information content (AvgIpc) is 3.14. The summed E-state index contributed by atoms with van der Waals surface area (Å²) in [4.78, 5) is 28.0. The molecule has 174 valence electrons. The van der Waals surface area contributed by atoms with E-state index in [-0.39, 0.29) is 17.9 Å². The number of fused-ring (bicyclic) bond motifs is 1. The lowest BCUT2D eigenvalue weighted by molar-refractivity contribution is -0.140. The minimum Gasteiger partial charge on any atom is -0.507 e. The highest BCUT2D eigenvalue weighted by Gasteiger charge is 2.46. The van der Waals surface area contributed by atoms with Crippen LogP contribution in [-0.4, -0.2) is 28.3 Å². The maximum absolute atomic E-state index is 13.3. The summed E-state index contributed by atoms with van der Waals surface area (Å²) in [7, 11) is 0. The van der Waals surface area contributed by atoms with Crippen LogP contribution in [0.25, 0.3) is 16.5 Å². The van der Waals surface area contributed by atoms with Gasteiger partial charge in [-0.3, -0.25) is 9.59 Å². The van der Waals surface area contributed by atoms with E-state index in [1.54, 1.807) is 6.07 Å². The third-order valence-corrected chi connectivity index (χ3v) is 6.27. The number of hydrogen-bond acceptors (Lipinski definition) is 4. The Morgan fingerprint density at radius 3 is 2.26 bits per heavy atom. The van der Waals surface area contributed by atoms with Crippen LogP contribution >= 0.6 is 0 Å². The number of nitrogens with zero attached hydrogens (tertiary/aromatic N) is 1. The molecule has 0 aromatic heterocycles. The molecular weight excluding hydrogens is 438 g/mol. The van der Waals surface area contributed by atoms with Crippen LogP contribution in [0.5, 0.6) is 5.75 Å². The molecule has 1 amide bonds. The number of hydrogen-bond donors (Lipinski definition) is 1. The van der Waals surface area contributed by atoms with E-state index in [1.165, 1.54) is 4.90 Å². The highest BCUT2D eigenvalue weighted by molar-refractivity contribution is 6.46. The summed E-state index contributed by atoms with van der Waals surface area (Å²) in [6.45, 7) is 2.71. The number of likely N-dealkylation sites (tertiary alicyclic amines) is 1. The molecule has 1 N–H and O–H groups in total. The summed E-state index contributed by atoms with van der Waals surface area (Å²) >= 11 is 0. The van der Waals surface area contributed by atoms with Gasteiger partial charge in [-0.1, -0.05) is 78.9 Å². The van der Waals surface area contributed by atoms with Crippen molar-refractivity contribution in [1.82, 2.24) is 4.90 Å². The van der Waals surface area contributed by atoms with Gasteiger partial charge in [0.05, 0.1) is 18.2 Å². The third-order valence-electron chi connectivity index (χ3n) is 6.27. The van der Waals surface area contributed by atoms with Crippen LogP contribution < -0.4 is 4.74 Å². The largest absolute Gasteiger partial charge is 0.507 e. The van der Waals surface area contributed by atoms with Crippen LogP contribution in [-0.2, 0) is 16.1 Å². The van der Waals surface area contributed by atoms with Crippen LogP contribution in [0, 0.1) is 0 Å². The van der Waals surface area contributed by atoms with Gasteiger partial charge in [0, 0.05) is 12.1 Å². The molecule has 1 fully saturated rings. The normalized spacial score (nSPS) is 17.2. The lowest BCUT2D eigenvalue weighted by Crippen LogP contribution is -2.29. The van der Waals surface area contributed by atoms with E-state index < -0.39 is 17.7 Å². The molecule has 5 nitrogen and oxygen atoms in total. The Balaban J connectivity index is 1.59. The van der Waals surface area contributed by atoms with Crippen molar-refractivity contribution in [3.63, 3.8) is 0 Å². The van der Waals surface area contributed by atoms with Crippen LogP contribution in [0.4, 0.5) is 0 Å². The number of rotatable bonds is 6. The lowest BCUT2D eigenvalue weighted by atomic mass is 9.94. The molecule has 1 atom stereocenters. The van der Waals surface area contributed by atoms with E-state index in [4.69, 9.17) is 4.74 Å². The molecule has 1 aliphatic rings. The van der Waals surface area contributed by atoms with Crippen LogP contribution in [0.2, 0.25) is 0 Å². The van der Waals surface area contributed by atoms with E-state index in [9.17, 15) is 14.7 Å². The summed E-state index contributed by atoms with van der Waals surface area (Å²) in [5.74, 6) is -0.739. The van der Waals surface area contributed by atoms with Gasteiger partial charge in [0.15, 0.2) is 0 Å². The fourth-order valence-corrected chi connectivity index (χ4v) is 4.57. The summed E-state index contributed by atoms with van der Waals surface area (Å²) in [5.41, 5.74) is 2.23. The zero-order valence-corrected chi connectivity index (χ0v) is 19.3. The van der Waals surface area contributed by atoms with Gasteiger partial charge in [-0.15, -0.1) is 0 Å². The monoisotopic (exact) mass is 463 g/mol. The molecule has 1 heterocycles. The van der Waals surface area contributed by atoms with Gasteiger partial charge in [0.1, 0.15) is 11.5 Å². The molecule has 0 saturated carbocycles. The third kappa shape index (κ3) is 4.28. The number of aliphatic hydroxyl groups is 1. The van der Waals surface area contributed by atoms with Crippen molar-refractivity contribution in [3.8, 4) is 5.75 Å². The Hall–Kier alpha value is -4.38. The topological polar surface area (TPSA) is 66.8 Å². The standard InChI is InChI=1S/C30H25NO4/c1-2-35-25-16-12-20(13-17-25)19-31-27(22-9-4-3-5-10-22)26(29(33)30(31)34)28(32)24-15-14-21-8-6-7-11-23(21)18-24/h3-18,27,32H,2,19H2,1H3/b28-26-. The number of carbonyl (C=O) groups excluding carboxylic acids is 2. The fraction of sp³-hybridized carbons (Fsp3) is 0.133. The number of benzene rings is 4. The highest BCUT2D eigenvalue weighted by atomic mass is 16.5. The summed E-state index contributed by atoms with van der Waals surface area (Å²) in [6, 6.07) is 29.4. The maximum Gasteiger partial charge on any atom is 0.295 e. The van der Waals surface area contributed by atoms with Crippen molar-refractivity contribution >= 4 is 28.2 Å². The summed E-state index contributed by atoms with van der Waals surface area (Å²) < 4.78 is 5.51. The number of Topliss-reactive ketones (excluding diaryl/α,β-unsaturated/α-hetero) is 1. The Morgan fingerprint density at radius 2 is 1.54 bits per heavy atom. The van der Waals surface area contributed by atoms with Gasteiger partial charge < -0.3 is 14.7 Å². The first-order chi connectivity index (χ1) is 17.1. The second-order valence-electron chi connectivity index (χ2n) is 8.48.